The predicted molar refractivity (Wildman–Crippen MR) is 78.8 cm³/mol. The average molecular weight is 292 g/mol. The molecule has 0 aliphatic carbocycles. The number of hydrogen-bond donors (Lipinski definition) is 0. The molecule has 0 saturated carbocycles. The minimum Gasteiger partial charge on any atom is -0.491 e. The Balaban J connectivity index is 3.03. The van der Waals surface area contributed by atoms with Crippen molar-refractivity contribution < 1.29 is 23.8 Å². The first kappa shape index (κ1) is 16.8. The molecule has 0 N–H and O–H groups in total. The van der Waals surface area contributed by atoms with Gasteiger partial charge in [0.25, 0.3) is 0 Å². The molecule has 0 unspecified atom stereocenters. The van der Waals surface area contributed by atoms with E-state index in [2.05, 4.69) is 9.47 Å². The van der Waals surface area contributed by atoms with Gasteiger partial charge in [-0.3, -0.25) is 4.79 Å². The van der Waals surface area contributed by atoms with E-state index in [1.165, 1.54) is 14.2 Å². The fourth-order valence-corrected chi connectivity index (χ4v) is 1.69. The molecule has 0 amide bonds. The van der Waals surface area contributed by atoms with Gasteiger partial charge >= 0.3 is 11.9 Å². The van der Waals surface area contributed by atoms with Crippen LogP contribution in [0.4, 0.5) is 0 Å². The van der Waals surface area contributed by atoms with Gasteiger partial charge in [0.15, 0.2) is 0 Å². The number of carbonyl (C=O) groups excluding carboxylic acids is 2. The van der Waals surface area contributed by atoms with Crippen LogP contribution in [-0.2, 0) is 19.1 Å². The Bertz CT molecular complexity index is 531. The third-order valence-electron chi connectivity index (χ3n) is 2.58. The zero-order chi connectivity index (χ0) is 15.8. The van der Waals surface area contributed by atoms with E-state index in [1.54, 1.807) is 12.1 Å². The number of benzene rings is 1. The van der Waals surface area contributed by atoms with Crippen molar-refractivity contribution in [2.45, 2.75) is 26.4 Å². The Hall–Kier alpha value is -2.30. The van der Waals surface area contributed by atoms with Crippen molar-refractivity contribution in [2.75, 3.05) is 14.2 Å². The molecule has 0 radical (unpaired) electrons. The van der Waals surface area contributed by atoms with Gasteiger partial charge in [0.1, 0.15) is 5.75 Å². The second-order valence-electron chi connectivity index (χ2n) is 4.65. The van der Waals surface area contributed by atoms with E-state index in [0.29, 0.717) is 5.75 Å². The van der Waals surface area contributed by atoms with E-state index < -0.39 is 11.9 Å². The Labute approximate surface area is 124 Å². The molecule has 0 atom stereocenters. The number of methoxy groups -OCH3 is 2. The highest BCUT2D eigenvalue weighted by Gasteiger charge is 2.15. The predicted octanol–water partition coefficient (Wildman–Crippen LogP) is 2.59. The number of carbonyl (C=O) groups is 2. The van der Waals surface area contributed by atoms with Gasteiger partial charge in [0.05, 0.1) is 26.7 Å². The van der Waals surface area contributed by atoms with E-state index in [9.17, 15) is 9.59 Å². The maximum absolute atomic E-state index is 11.7. The van der Waals surface area contributed by atoms with Crippen LogP contribution in [0.5, 0.6) is 5.75 Å². The zero-order valence-corrected chi connectivity index (χ0v) is 12.7. The van der Waals surface area contributed by atoms with Crippen molar-refractivity contribution in [2.24, 2.45) is 0 Å². The fraction of sp³-hybridized carbons (Fsp3) is 0.375. The summed E-state index contributed by atoms with van der Waals surface area (Å²) in [6, 6.07) is 7.25. The molecule has 0 fully saturated rings. The van der Waals surface area contributed by atoms with Gasteiger partial charge in [-0.15, -0.1) is 0 Å². The highest BCUT2D eigenvalue weighted by Crippen LogP contribution is 2.19. The highest BCUT2D eigenvalue weighted by molar-refractivity contribution is 5.98. The summed E-state index contributed by atoms with van der Waals surface area (Å²) >= 11 is 0. The summed E-state index contributed by atoms with van der Waals surface area (Å²) in [7, 11) is 2.54. The van der Waals surface area contributed by atoms with Crippen LogP contribution in [0.3, 0.4) is 0 Å². The molecular formula is C16H20O5. The van der Waals surface area contributed by atoms with Crippen molar-refractivity contribution in [3.05, 3.63) is 35.4 Å². The monoisotopic (exact) mass is 292 g/mol. The van der Waals surface area contributed by atoms with Crippen molar-refractivity contribution in [1.29, 1.82) is 0 Å². The summed E-state index contributed by atoms with van der Waals surface area (Å²) in [6.07, 6.45) is 1.51. The summed E-state index contributed by atoms with van der Waals surface area (Å²) in [5.74, 6) is -0.363. The minimum absolute atomic E-state index is 0.0550. The molecule has 0 heterocycles. The van der Waals surface area contributed by atoms with E-state index in [4.69, 9.17) is 4.74 Å². The van der Waals surface area contributed by atoms with Gasteiger partial charge in [-0.1, -0.05) is 12.1 Å². The van der Waals surface area contributed by atoms with Crippen molar-refractivity contribution in [1.82, 2.24) is 0 Å². The summed E-state index contributed by atoms with van der Waals surface area (Å²) in [6.45, 7) is 3.86. The second-order valence-corrected chi connectivity index (χ2v) is 4.65. The maximum atomic E-state index is 11.7. The lowest BCUT2D eigenvalue weighted by Gasteiger charge is -2.10. The first-order valence-corrected chi connectivity index (χ1v) is 6.58. The standard InChI is InChI=1S/C16H20O5/c1-11(2)21-14-7-5-6-12(9-14)8-13(16(18)20-4)10-15(17)19-3/h5-9,11H,10H2,1-4H3. The SMILES string of the molecule is COC(=O)CC(=Cc1cccc(OC(C)C)c1)C(=O)OC. The maximum Gasteiger partial charge on any atom is 0.334 e. The first-order chi connectivity index (χ1) is 9.96. The van der Waals surface area contributed by atoms with E-state index >= 15 is 0 Å². The van der Waals surface area contributed by atoms with E-state index in [0.717, 1.165) is 5.56 Å². The number of ether oxygens (including phenoxy) is 3. The van der Waals surface area contributed by atoms with Crippen LogP contribution in [0.2, 0.25) is 0 Å². The van der Waals surface area contributed by atoms with Crippen LogP contribution >= 0.6 is 0 Å². The molecule has 0 bridgehead atoms. The largest absolute Gasteiger partial charge is 0.491 e. The molecule has 0 spiro atoms. The third kappa shape index (κ3) is 5.69. The smallest absolute Gasteiger partial charge is 0.334 e. The third-order valence-corrected chi connectivity index (χ3v) is 2.58. The Morgan fingerprint density at radius 1 is 1.19 bits per heavy atom. The quantitative estimate of drug-likeness (QED) is 0.595. The highest BCUT2D eigenvalue weighted by atomic mass is 16.5. The molecule has 5 heteroatoms. The number of esters is 2. The molecule has 0 aliphatic rings. The lowest BCUT2D eigenvalue weighted by molar-refractivity contribution is -0.143. The van der Waals surface area contributed by atoms with Gasteiger partial charge in [-0.25, -0.2) is 4.79 Å². The van der Waals surface area contributed by atoms with Crippen molar-refractivity contribution in [3.63, 3.8) is 0 Å². The molecule has 0 saturated heterocycles. The molecule has 0 aromatic heterocycles. The van der Waals surface area contributed by atoms with Gasteiger partial charge < -0.3 is 14.2 Å². The Morgan fingerprint density at radius 3 is 2.48 bits per heavy atom. The van der Waals surface area contributed by atoms with Gasteiger partial charge in [0, 0.05) is 5.57 Å². The fourth-order valence-electron chi connectivity index (χ4n) is 1.69. The van der Waals surface area contributed by atoms with Crippen molar-refractivity contribution >= 4 is 18.0 Å². The molecule has 1 rings (SSSR count). The number of hydrogen-bond acceptors (Lipinski definition) is 5. The molecule has 114 valence electrons. The first-order valence-electron chi connectivity index (χ1n) is 6.58. The molecular weight excluding hydrogens is 272 g/mol. The summed E-state index contributed by atoms with van der Waals surface area (Å²) < 4.78 is 14.8. The van der Waals surface area contributed by atoms with Crippen LogP contribution in [-0.4, -0.2) is 32.3 Å². The van der Waals surface area contributed by atoms with Crippen LogP contribution in [0.15, 0.2) is 29.8 Å². The Kier molecular flexibility index (Phi) is 6.46. The average Bonchev–Trinajstić information content (AvgIpc) is 2.45. The lowest BCUT2D eigenvalue weighted by Crippen LogP contribution is -2.11. The molecule has 1 aromatic carbocycles. The summed E-state index contributed by atoms with van der Waals surface area (Å²) in [4.78, 5) is 23.1. The normalized spacial score (nSPS) is 11.2. The second kappa shape index (κ2) is 8.09. The topological polar surface area (TPSA) is 61.8 Å². The van der Waals surface area contributed by atoms with E-state index in [-0.39, 0.29) is 18.1 Å². The summed E-state index contributed by atoms with van der Waals surface area (Å²) in [5, 5.41) is 0. The summed E-state index contributed by atoms with van der Waals surface area (Å²) in [5.41, 5.74) is 0.975. The molecule has 0 aliphatic heterocycles. The van der Waals surface area contributed by atoms with Gasteiger partial charge in [-0.05, 0) is 37.6 Å². The van der Waals surface area contributed by atoms with Gasteiger partial charge in [0.2, 0.25) is 0 Å². The van der Waals surface area contributed by atoms with Crippen LogP contribution in [0.25, 0.3) is 6.08 Å². The van der Waals surface area contributed by atoms with Crippen LogP contribution < -0.4 is 4.74 Å². The van der Waals surface area contributed by atoms with Crippen LogP contribution in [0.1, 0.15) is 25.8 Å². The van der Waals surface area contributed by atoms with Crippen molar-refractivity contribution in [3.8, 4) is 5.75 Å². The lowest BCUT2D eigenvalue weighted by atomic mass is 10.1. The zero-order valence-electron chi connectivity index (χ0n) is 12.7. The van der Waals surface area contributed by atoms with Crippen LogP contribution in [0, 0.1) is 0 Å². The molecule has 5 nitrogen and oxygen atoms in total. The number of rotatable bonds is 6. The Morgan fingerprint density at radius 2 is 1.90 bits per heavy atom. The molecule has 21 heavy (non-hydrogen) atoms. The minimum atomic E-state index is -0.560. The van der Waals surface area contributed by atoms with Gasteiger partial charge in [-0.2, -0.15) is 0 Å². The molecule has 1 aromatic rings. The van der Waals surface area contributed by atoms with E-state index in [1.807, 2.05) is 32.0 Å².